The summed E-state index contributed by atoms with van der Waals surface area (Å²) in [4.78, 5) is 28.3. The van der Waals surface area contributed by atoms with Crippen molar-refractivity contribution in [2.24, 2.45) is 0 Å². The van der Waals surface area contributed by atoms with Crippen LogP contribution in [0.1, 0.15) is 27.7 Å². The van der Waals surface area contributed by atoms with E-state index in [2.05, 4.69) is 25.3 Å². The molecule has 0 saturated carbocycles. The summed E-state index contributed by atoms with van der Waals surface area (Å²) in [5.41, 5.74) is 4.09. The molecule has 0 spiro atoms. The highest BCUT2D eigenvalue weighted by Gasteiger charge is 2.28. The summed E-state index contributed by atoms with van der Waals surface area (Å²) < 4.78 is 5.51. The number of hydrogen-bond acceptors (Lipinski definition) is 4. The van der Waals surface area contributed by atoms with Crippen molar-refractivity contribution < 1.29 is 9.53 Å². The highest BCUT2D eigenvalue weighted by atomic mass is 16.5. The monoisotopic (exact) mass is 373 g/mol. The van der Waals surface area contributed by atoms with Crippen LogP contribution in [0.25, 0.3) is 22.7 Å². The molecule has 28 heavy (non-hydrogen) atoms. The number of H-pyrrole nitrogens is 2. The molecule has 3 heterocycles. The fraction of sp³-hybridized carbons (Fsp3) is 0.190. The summed E-state index contributed by atoms with van der Waals surface area (Å²) in [6.07, 6.45) is 0.654. The summed E-state index contributed by atoms with van der Waals surface area (Å²) >= 11 is 0. The van der Waals surface area contributed by atoms with Crippen molar-refractivity contribution in [1.29, 1.82) is 0 Å². The van der Waals surface area contributed by atoms with Gasteiger partial charge in [0.2, 0.25) is 0 Å². The van der Waals surface area contributed by atoms with Crippen molar-refractivity contribution in [2.75, 3.05) is 13.7 Å². The van der Waals surface area contributed by atoms with Gasteiger partial charge in [-0.1, -0.05) is 30.3 Å². The van der Waals surface area contributed by atoms with E-state index in [1.54, 1.807) is 7.11 Å². The number of hydrogen-bond donors (Lipinski definition) is 3. The Balaban J connectivity index is 1.54. The average Bonchev–Trinajstić information content (AvgIpc) is 3.31. The van der Waals surface area contributed by atoms with Crippen molar-refractivity contribution in [1.82, 2.24) is 25.3 Å². The maximum absolute atomic E-state index is 12.6. The van der Waals surface area contributed by atoms with E-state index >= 15 is 0 Å². The van der Waals surface area contributed by atoms with Gasteiger partial charge < -0.3 is 20.0 Å². The van der Waals surface area contributed by atoms with Crippen LogP contribution < -0.4 is 10.1 Å². The Labute approximate surface area is 161 Å². The van der Waals surface area contributed by atoms with Crippen LogP contribution >= 0.6 is 0 Å². The molecule has 1 aliphatic heterocycles. The van der Waals surface area contributed by atoms with Crippen LogP contribution in [0.5, 0.6) is 5.75 Å². The summed E-state index contributed by atoms with van der Waals surface area (Å²) in [5, 5.41) is 2.98. The smallest absolute Gasteiger partial charge is 0.271 e. The van der Waals surface area contributed by atoms with Gasteiger partial charge in [-0.25, -0.2) is 9.97 Å². The SMILES string of the molecule is COc1ccccc1C1CNC(=O)c2nc(-c3nc4ccccc4[nH]3)[nH]c2C1. The zero-order chi connectivity index (χ0) is 19.1. The zero-order valence-electron chi connectivity index (χ0n) is 15.3. The van der Waals surface area contributed by atoms with Gasteiger partial charge in [-0.05, 0) is 30.2 Å². The van der Waals surface area contributed by atoms with E-state index in [1.165, 1.54) is 0 Å². The van der Waals surface area contributed by atoms with E-state index in [4.69, 9.17) is 4.74 Å². The second-order valence-corrected chi connectivity index (χ2v) is 6.87. The molecular weight excluding hydrogens is 354 g/mol. The van der Waals surface area contributed by atoms with Crippen LogP contribution in [0, 0.1) is 0 Å². The molecule has 1 aliphatic rings. The van der Waals surface area contributed by atoms with Gasteiger partial charge in [-0.2, -0.15) is 0 Å². The maximum Gasteiger partial charge on any atom is 0.271 e. The predicted molar refractivity (Wildman–Crippen MR) is 105 cm³/mol. The predicted octanol–water partition coefficient (Wildman–Crippen LogP) is 3.03. The van der Waals surface area contributed by atoms with Crippen molar-refractivity contribution >= 4 is 16.9 Å². The number of ether oxygens (including phenoxy) is 1. The minimum absolute atomic E-state index is 0.0883. The number of carbonyl (C=O) groups excluding carboxylic acids is 1. The van der Waals surface area contributed by atoms with E-state index in [-0.39, 0.29) is 11.8 Å². The minimum Gasteiger partial charge on any atom is -0.496 e. The molecule has 140 valence electrons. The van der Waals surface area contributed by atoms with Gasteiger partial charge in [0.1, 0.15) is 11.4 Å². The molecular formula is C21H19N5O2. The first-order chi connectivity index (χ1) is 13.7. The average molecular weight is 373 g/mol. The van der Waals surface area contributed by atoms with Crippen LogP contribution in [0.3, 0.4) is 0 Å². The van der Waals surface area contributed by atoms with Crippen molar-refractivity contribution in [3.8, 4) is 17.4 Å². The quantitative estimate of drug-likeness (QED) is 0.514. The van der Waals surface area contributed by atoms with E-state index in [0.717, 1.165) is 28.0 Å². The van der Waals surface area contributed by atoms with E-state index < -0.39 is 0 Å². The number of amides is 1. The molecule has 3 N–H and O–H groups in total. The first kappa shape index (κ1) is 16.6. The van der Waals surface area contributed by atoms with Gasteiger partial charge in [0.05, 0.1) is 18.1 Å². The normalized spacial score (nSPS) is 16.5. The van der Waals surface area contributed by atoms with Crippen LogP contribution in [-0.4, -0.2) is 39.5 Å². The molecule has 7 heteroatoms. The molecule has 0 bridgehead atoms. The fourth-order valence-electron chi connectivity index (χ4n) is 3.76. The van der Waals surface area contributed by atoms with Gasteiger partial charge in [-0.15, -0.1) is 0 Å². The highest BCUT2D eigenvalue weighted by molar-refractivity contribution is 5.94. The lowest BCUT2D eigenvalue weighted by atomic mass is 9.93. The molecule has 0 aliphatic carbocycles. The number of carbonyl (C=O) groups is 1. The second kappa shape index (κ2) is 6.53. The summed E-state index contributed by atoms with van der Waals surface area (Å²) in [6, 6.07) is 15.7. The van der Waals surface area contributed by atoms with Gasteiger partial charge in [0.25, 0.3) is 5.91 Å². The van der Waals surface area contributed by atoms with Crippen LogP contribution in [0.2, 0.25) is 0 Å². The maximum atomic E-state index is 12.6. The number of benzene rings is 2. The Morgan fingerprint density at radius 1 is 1.00 bits per heavy atom. The van der Waals surface area contributed by atoms with Gasteiger partial charge in [0, 0.05) is 18.2 Å². The van der Waals surface area contributed by atoms with Crippen LogP contribution in [0.4, 0.5) is 0 Å². The number of fused-ring (bicyclic) bond motifs is 2. The molecule has 5 rings (SSSR count). The Morgan fingerprint density at radius 3 is 2.64 bits per heavy atom. The molecule has 2 aromatic heterocycles. The molecule has 0 saturated heterocycles. The molecule has 1 atom stereocenters. The topological polar surface area (TPSA) is 95.7 Å². The number of nitrogens with zero attached hydrogens (tertiary/aromatic N) is 2. The zero-order valence-corrected chi connectivity index (χ0v) is 15.3. The third-order valence-electron chi connectivity index (χ3n) is 5.15. The van der Waals surface area contributed by atoms with E-state index in [0.29, 0.717) is 30.3 Å². The lowest BCUT2D eigenvalue weighted by Crippen LogP contribution is -2.26. The van der Waals surface area contributed by atoms with Gasteiger partial charge in [-0.3, -0.25) is 4.79 Å². The second-order valence-electron chi connectivity index (χ2n) is 6.87. The molecule has 7 nitrogen and oxygen atoms in total. The van der Waals surface area contributed by atoms with E-state index in [9.17, 15) is 4.79 Å². The summed E-state index contributed by atoms with van der Waals surface area (Å²) in [7, 11) is 1.66. The summed E-state index contributed by atoms with van der Waals surface area (Å²) in [5.74, 6) is 1.92. The number of para-hydroxylation sites is 3. The number of imidazole rings is 2. The summed E-state index contributed by atoms with van der Waals surface area (Å²) in [6.45, 7) is 0.531. The van der Waals surface area contributed by atoms with Crippen LogP contribution in [0.15, 0.2) is 48.5 Å². The van der Waals surface area contributed by atoms with E-state index in [1.807, 2.05) is 48.5 Å². The third-order valence-corrected chi connectivity index (χ3v) is 5.15. The minimum atomic E-state index is -0.175. The molecule has 0 radical (unpaired) electrons. The number of methoxy groups -OCH3 is 1. The first-order valence-electron chi connectivity index (χ1n) is 9.18. The highest BCUT2D eigenvalue weighted by Crippen LogP contribution is 2.31. The van der Waals surface area contributed by atoms with Gasteiger partial charge >= 0.3 is 0 Å². The van der Waals surface area contributed by atoms with Crippen molar-refractivity contribution in [3.63, 3.8) is 0 Å². The Kier molecular flexibility index (Phi) is 3.86. The number of nitrogens with one attached hydrogen (secondary N) is 3. The first-order valence-corrected chi connectivity index (χ1v) is 9.18. The van der Waals surface area contributed by atoms with Crippen molar-refractivity contribution in [2.45, 2.75) is 12.3 Å². The lowest BCUT2D eigenvalue weighted by molar-refractivity contribution is 0.0950. The number of aromatic nitrogens is 4. The largest absolute Gasteiger partial charge is 0.496 e. The number of aromatic amines is 2. The standard InChI is InChI=1S/C21H19N5O2/c1-28-17-9-5-2-6-13(17)12-10-16-18(21(27)22-11-12)26-20(25-16)19-23-14-7-3-4-8-15(14)24-19/h2-9,12H,10-11H2,1H3,(H,22,27)(H,23,24)(H,25,26). The van der Waals surface area contributed by atoms with Crippen LogP contribution in [-0.2, 0) is 6.42 Å². The Bertz CT molecular complexity index is 1140. The van der Waals surface area contributed by atoms with Gasteiger partial charge in [0.15, 0.2) is 11.6 Å². The molecule has 1 unspecified atom stereocenters. The third kappa shape index (κ3) is 2.72. The Hall–Kier alpha value is -3.61. The molecule has 1 amide bonds. The molecule has 4 aromatic rings. The lowest BCUT2D eigenvalue weighted by Gasteiger charge is -2.17. The molecule has 0 fully saturated rings. The van der Waals surface area contributed by atoms with Crippen molar-refractivity contribution in [3.05, 3.63) is 65.5 Å². The fourth-order valence-corrected chi connectivity index (χ4v) is 3.76. The molecule has 2 aromatic carbocycles. The Morgan fingerprint density at radius 2 is 1.79 bits per heavy atom. The number of rotatable bonds is 3.